The molecule has 1 aromatic carbocycles. The van der Waals surface area contributed by atoms with Gasteiger partial charge in [-0.2, -0.15) is 11.3 Å². The van der Waals surface area contributed by atoms with Gasteiger partial charge in [0.25, 0.3) is 11.8 Å². The average molecular weight is 411 g/mol. The molecule has 8 heteroatoms. The molecule has 2 aromatic heterocycles. The van der Waals surface area contributed by atoms with Gasteiger partial charge < -0.3 is 20.4 Å². The van der Waals surface area contributed by atoms with Crippen LogP contribution in [0.15, 0.2) is 63.9 Å². The highest BCUT2D eigenvalue weighted by atomic mass is 32.1. The van der Waals surface area contributed by atoms with Crippen molar-refractivity contribution in [1.82, 2.24) is 10.6 Å². The molecule has 3 N–H and O–H groups in total. The minimum absolute atomic E-state index is 0.0974. The average Bonchev–Trinajstić information content (AvgIpc) is 3.44. The maximum absolute atomic E-state index is 12.0. The molecule has 0 spiro atoms. The van der Waals surface area contributed by atoms with E-state index in [1.54, 1.807) is 41.8 Å². The van der Waals surface area contributed by atoms with Gasteiger partial charge in [0.05, 0.1) is 6.26 Å². The van der Waals surface area contributed by atoms with Crippen molar-refractivity contribution in [3.63, 3.8) is 0 Å². The fraction of sp³-hybridized carbons (Fsp3) is 0.190. The van der Waals surface area contributed by atoms with E-state index in [0.29, 0.717) is 37.2 Å². The van der Waals surface area contributed by atoms with Crippen molar-refractivity contribution in [3.05, 3.63) is 76.4 Å². The first-order valence-corrected chi connectivity index (χ1v) is 10.1. The minimum Gasteiger partial charge on any atom is -0.459 e. The minimum atomic E-state index is -0.333. The van der Waals surface area contributed by atoms with Crippen LogP contribution < -0.4 is 16.0 Å². The first-order valence-electron chi connectivity index (χ1n) is 9.13. The lowest BCUT2D eigenvalue weighted by Crippen LogP contribution is -2.27. The Labute approximate surface area is 172 Å². The molecule has 0 fully saturated rings. The standard InChI is InChI=1S/C21H21N3O4S/c25-19(7-2-9-22-20(26)16-8-11-29-14-16)23-13-15-4-1-5-17(12-15)24-21(27)18-6-3-10-28-18/h1,3-6,8,10-12,14H,2,7,9,13H2,(H,22,26)(H,23,25)(H,24,27). The quantitative estimate of drug-likeness (QED) is 0.470. The summed E-state index contributed by atoms with van der Waals surface area (Å²) in [7, 11) is 0. The number of nitrogens with one attached hydrogen (secondary N) is 3. The van der Waals surface area contributed by atoms with Gasteiger partial charge in [-0.15, -0.1) is 0 Å². The summed E-state index contributed by atoms with van der Waals surface area (Å²) in [6.07, 6.45) is 2.31. The first-order chi connectivity index (χ1) is 14.1. The molecule has 7 nitrogen and oxygen atoms in total. The number of rotatable bonds is 9. The number of furan rings is 1. The van der Waals surface area contributed by atoms with Crippen molar-refractivity contribution in [3.8, 4) is 0 Å². The van der Waals surface area contributed by atoms with Crippen LogP contribution in [0, 0.1) is 0 Å². The number of amides is 3. The third-order valence-corrected chi connectivity index (χ3v) is 4.75. The largest absolute Gasteiger partial charge is 0.459 e. The third-order valence-electron chi connectivity index (χ3n) is 4.07. The molecule has 0 aliphatic carbocycles. The molecule has 0 aliphatic rings. The second-order valence-electron chi connectivity index (χ2n) is 6.28. The predicted molar refractivity (Wildman–Crippen MR) is 111 cm³/mol. The zero-order chi connectivity index (χ0) is 20.5. The maximum Gasteiger partial charge on any atom is 0.291 e. The van der Waals surface area contributed by atoms with Crippen molar-refractivity contribution in [2.75, 3.05) is 11.9 Å². The van der Waals surface area contributed by atoms with Crippen molar-refractivity contribution in [2.24, 2.45) is 0 Å². The smallest absolute Gasteiger partial charge is 0.291 e. The highest BCUT2D eigenvalue weighted by Crippen LogP contribution is 2.13. The van der Waals surface area contributed by atoms with E-state index in [1.807, 2.05) is 11.4 Å². The van der Waals surface area contributed by atoms with E-state index >= 15 is 0 Å². The normalized spacial score (nSPS) is 10.3. The lowest BCUT2D eigenvalue weighted by molar-refractivity contribution is -0.121. The molecule has 3 rings (SSSR count). The molecule has 0 saturated carbocycles. The summed E-state index contributed by atoms with van der Waals surface area (Å²) in [5.41, 5.74) is 2.12. The van der Waals surface area contributed by atoms with E-state index in [-0.39, 0.29) is 23.5 Å². The molecule has 0 aliphatic heterocycles. The summed E-state index contributed by atoms with van der Waals surface area (Å²) in [5.74, 6) is -0.324. The summed E-state index contributed by atoms with van der Waals surface area (Å²) in [6.45, 7) is 0.793. The van der Waals surface area contributed by atoms with Crippen molar-refractivity contribution in [1.29, 1.82) is 0 Å². The Balaban J connectivity index is 1.37. The summed E-state index contributed by atoms with van der Waals surface area (Å²) < 4.78 is 5.06. The zero-order valence-electron chi connectivity index (χ0n) is 15.6. The highest BCUT2D eigenvalue weighted by Gasteiger charge is 2.09. The highest BCUT2D eigenvalue weighted by molar-refractivity contribution is 7.08. The first kappa shape index (κ1) is 20.3. The van der Waals surface area contributed by atoms with E-state index in [9.17, 15) is 14.4 Å². The number of benzene rings is 1. The monoisotopic (exact) mass is 411 g/mol. The van der Waals surface area contributed by atoms with Crippen molar-refractivity contribution in [2.45, 2.75) is 19.4 Å². The van der Waals surface area contributed by atoms with Crippen molar-refractivity contribution >= 4 is 34.7 Å². The van der Waals surface area contributed by atoms with Crippen LogP contribution in [0.3, 0.4) is 0 Å². The van der Waals surface area contributed by atoms with E-state index in [0.717, 1.165) is 5.56 Å². The Hall–Kier alpha value is -3.39. The fourth-order valence-corrected chi connectivity index (χ4v) is 3.23. The summed E-state index contributed by atoms with van der Waals surface area (Å²) in [6, 6.07) is 12.2. The van der Waals surface area contributed by atoms with Gasteiger partial charge in [-0.3, -0.25) is 14.4 Å². The van der Waals surface area contributed by atoms with Gasteiger partial charge in [-0.25, -0.2) is 0 Å². The van der Waals surface area contributed by atoms with Gasteiger partial charge in [0.1, 0.15) is 0 Å². The van der Waals surface area contributed by atoms with Crippen LogP contribution in [0.5, 0.6) is 0 Å². The maximum atomic E-state index is 12.0. The third kappa shape index (κ3) is 6.32. The number of carbonyl (C=O) groups excluding carboxylic acids is 3. The molecule has 2 heterocycles. The number of anilines is 1. The van der Waals surface area contributed by atoms with E-state index < -0.39 is 0 Å². The number of thiophene rings is 1. The fourth-order valence-electron chi connectivity index (χ4n) is 2.60. The van der Waals surface area contributed by atoms with Crippen LogP contribution in [0.1, 0.15) is 39.3 Å². The SMILES string of the molecule is O=C(CCCNC(=O)c1ccsc1)NCc1cccc(NC(=O)c2ccco2)c1. The molecule has 0 bridgehead atoms. The van der Waals surface area contributed by atoms with Crippen LogP contribution >= 0.6 is 11.3 Å². The molecule has 0 atom stereocenters. The lowest BCUT2D eigenvalue weighted by atomic mass is 10.2. The van der Waals surface area contributed by atoms with E-state index in [4.69, 9.17) is 4.42 Å². The Morgan fingerprint density at radius 2 is 1.90 bits per heavy atom. The van der Waals surface area contributed by atoms with Gasteiger partial charge in [-0.1, -0.05) is 12.1 Å². The van der Waals surface area contributed by atoms with Gasteiger partial charge in [0.15, 0.2) is 5.76 Å². The van der Waals surface area contributed by atoms with Gasteiger partial charge in [0.2, 0.25) is 5.91 Å². The Kier molecular flexibility index (Phi) is 7.18. The predicted octanol–water partition coefficient (Wildman–Crippen LogP) is 3.42. The number of hydrogen-bond acceptors (Lipinski definition) is 5. The zero-order valence-corrected chi connectivity index (χ0v) is 16.5. The summed E-state index contributed by atoms with van der Waals surface area (Å²) >= 11 is 1.47. The Morgan fingerprint density at radius 1 is 1.00 bits per heavy atom. The molecule has 3 amide bonds. The van der Waals surface area contributed by atoms with Gasteiger partial charge in [0, 0.05) is 36.1 Å². The van der Waals surface area contributed by atoms with Crippen LogP contribution in [0.25, 0.3) is 0 Å². The molecular formula is C21H21N3O4S. The molecule has 0 unspecified atom stereocenters. The Morgan fingerprint density at radius 3 is 2.66 bits per heavy atom. The second-order valence-corrected chi connectivity index (χ2v) is 7.06. The van der Waals surface area contributed by atoms with Crippen LogP contribution in [0.2, 0.25) is 0 Å². The van der Waals surface area contributed by atoms with Crippen LogP contribution in [-0.4, -0.2) is 24.3 Å². The van der Waals surface area contributed by atoms with Crippen LogP contribution in [0.4, 0.5) is 5.69 Å². The summed E-state index contributed by atoms with van der Waals surface area (Å²) in [4.78, 5) is 35.8. The van der Waals surface area contributed by atoms with Gasteiger partial charge in [-0.05, 0) is 47.7 Å². The van der Waals surface area contributed by atoms with E-state index in [2.05, 4.69) is 16.0 Å². The molecule has 0 radical (unpaired) electrons. The molecular weight excluding hydrogens is 390 g/mol. The summed E-state index contributed by atoms with van der Waals surface area (Å²) in [5, 5.41) is 12.0. The topological polar surface area (TPSA) is 100 Å². The number of carbonyl (C=O) groups is 3. The molecule has 150 valence electrons. The van der Waals surface area contributed by atoms with Crippen LogP contribution in [-0.2, 0) is 11.3 Å². The Bertz CT molecular complexity index is 952. The van der Waals surface area contributed by atoms with Crippen molar-refractivity contribution < 1.29 is 18.8 Å². The molecule has 3 aromatic rings. The second kappa shape index (κ2) is 10.2. The molecule has 29 heavy (non-hydrogen) atoms. The van der Waals surface area contributed by atoms with E-state index in [1.165, 1.54) is 17.6 Å². The molecule has 0 saturated heterocycles. The van der Waals surface area contributed by atoms with Gasteiger partial charge >= 0.3 is 0 Å². The number of hydrogen-bond donors (Lipinski definition) is 3. The lowest BCUT2D eigenvalue weighted by Gasteiger charge is -2.08.